The van der Waals surface area contributed by atoms with Crippen molar-refractivity contribution in [2.75, 3.05) is 13.1 Å². The summed E-state index contributed by atoms with van der Waals surface area (Å²) >= 11 is 0. The lowest BCUT2D eigenvalue weighted by Crippen LogP contribution is -2.38. The van der Waals surface area contributed by atoms with Gasteiger partial charge in [0.05, 0.1) is 11.9 Å². The highest BCUT2D eigenvalue weighted by Crippen LogP contribution is 2.27. The zero-order valence-electron chi connectivity index (χ0n) is 13.3. The molecule has 0 N–H and O–H groups in total. The lowest BCUT2D eigenvalue weighted by atomic mass is 9.95. The predicted octanol–water partition coefficient (Wildman–Crippen LogP) is 3.38. The van der Waals surface area contributed by atoms with E-state index in [-0.39, 0.29) is 11.8 Å². The summed E-state index contributed by atoms with van der Waals surface area (Å²) in [7, 11) is 0. The topological polar surface area (TPSA) is 55.3 Å². The van der Waals surface area contributed by atoms with Gasteiger partial charge in [0.1, 0.15) is 5.75 Å². The average Bonchev–Trinajstić information content (AvgIpc) is 2.62. The fourth-order valence-corrected chi connectivity index (χ4v) is 2.89. The smallest absolute Gasteiger partial charge is 0.238 e. The van der Waals surface area contributed by atoms with E-state index in [1.54, 1.807) is 12.4 Å². The third kappa shape index (κ3) is 3.86. The second kappa shape index (κ2) is 7.22. The minimum Gasteiger partial charge on any atom is -0.437 e. The average molecular weight is 311 g/mol. The maximum absolute atomic E-state index is 11.9. The third-order valence-corrected chi connectivity index (χ3v) is 4.09. The Labute approximate surface area is 136 Å². The molecule has 1 aromatic heterocycles. The summed E-state index contributed by atoms with van der Waals surface area (Å²) in [5, 5.41) is 0. The van der Waals surface area contributed by atoms with Crippen LogP contribution in [0.1, 0.15) is 37.8 Å². The van der Waals surface area contributed by atoms with Crippen LogP contribution < -0.4 is 4.74 Å². The summed E-state index contributed by atoms with van der Waals surface area (Å²) in [6.45, 7) is 3.47. The first-order valence-electron chi connectivity index (χ1n) is 8.09. The SMILES string of the molecule is CCC(=O)N1CCC[C@@H](c2cncc(Oc3ccccc3)n2)C1. The van der Waals surface area contributed by atoms with Gasteiger partial charge in [0.15, 0.2) is 0 Å². The molecule has 1 saturated heterocycles. The molecule has 23 heavy (non-hydrogen) atoms. The van der Waals surface area contributed by atoms with Crippen molar-refractivity contribution in [1.82, 2.24) is 14.9 Å². The lowest BCUT2D eigenvalue weighted by Gasteiger charge is -2.32. The summed E-state index contributed by atoms with van der Waals surface area (Å²) in [4.78, 5) is 22.7. The molecule has 0 spiro atoms. The number of carbonyl (C=O) groups excluding carboxylic acids is 1. The van der Waals surface area contributed by atoms with Gasteiger partial charge in [0.25, 0.3) is 0 Å². The van der Waals surface area contributed by atoms with Crippen LogP contribution in [-0.2, 0) is 4.79 Å². The molecule has 0 unspecified atom stereocenters. The van der Waals surface area contributed by atoms with Crippen LogP contribution in [-0.4, -0.2) is 33.9 Å². The molecule has 1 amide bonds. The Balaban J connectivity index is 1.73. The van der Waals surface area contributed by atoms with Crippen LogP contribution in [0.5, 0.6) is 11.6 Å². The number of piperidine rings is 1. The highest BCUT2D eigenvalue weighted by Gasteiger charge is 2.25. The first kappa shape index (κ1) is 15.5. The van der Waals surface area contributed by atoms with Crippen LogP contribution in [0.3, 0.4) is 0 Å². The molecule has 5 heteroatoms. The highest BCUT2D eigenvalue weighted by atomic mass is 16.5. The molecule has 0 bridgehead atoms. The van der Waals surface area contributed by atoms with Gasteiger partial charge in [0, 0.05) is 31.6 Å². The van der Waals surface area contributed by atoms with Crippen molar-refractivity contribution in [3.05, 3.63) is 48.4 Å². The second-order valence-corrected chi connectivity index (χ2v) is 5.73. The molecule has 0 radical (unpaired) electrons. The van der Waals surface area contributed by atoms with Crippen molar-refractivity contribution in [3.63, 3.8) is 0 Å². The second-order valence-electron chi connectivity index (χ2n) is 5.73. The van der Waals surface area contributed by atoms with Crippen LogP contribution in [0.25, 0.3) is 0 Å². The van der Waals surface area contributed by atoms with Gasteiger partial charge in [-0.15, -0.1) is 0 Å². The molecule has 3 rings (SSSR count). The molecule has 1 aliphatic heterocycles. The first-order valence-corrected chi connectivity index (χ1v) is 8.09. The molecule has 0 aliphatic carbocycles. The normalized spacial score (nSPS) is 17.8. The maximum Gasteiger partial charge on any atom is 0.238 e. The van der Waals surface area contributed by atoms with Crippen molar-refractivity contribution in [1.29, 1.82) is 0 Å². The van der Waals surface area contributed by atoms with E-state index in [0.717, 1.165) is 37.4 Å². The van der Waals surface area contributed by atoms with Gasteiger partial charge < -0.3 is 9.64 Å². The van der Waals surface area contributed by atoms with Crippen molar-refractivity contribution in [2.45, 2.75) is 32.1 Å². The van der Waals surface area contributed by atoms with Gasteiger partial charge in [-0.2, -0.15) is 0 Å². The van der Waals surface area contributed by atoms with Gasteiger partial charge in [-0.3, -0.25) is 9.78 Å². The molecule has 2 aromatic rings. The summed E-state index contributed by atoms with van der Waals surface area (Å²) in [5.74, 6) is 1.67. The summed E-state index contributed by atoms with van der Waals surface area (Å²) in [6, 6.07) is 9.55. The number of rotatable bonds is 4. The Morgan fingerprint density at radius 3 is 2.91 bits per heavy atom. The van der Waals surface area contributed by atoms with Crippen molar-refractivity contribution in [2.24, 2.45) is 0 Å². The number of hydrogen-bond acceptors (Lipinski definition) is 4. The highest BCUT2D eigenvalue weighted by molar-refractivity contribution is 5.76. The molecule has 1 fully saturated rings. The fourth-order valence-electron chi connectivity index (χ4n) is 2.89. The maximum atomic E-state index is 11.9. The molecule has 120 valence electrons. The van der Waals surface area contributed by atoms with E-state index in [9.17, 15) is 4.79 Å². The van der Waals surface area contributed by atoms with E-state index in [4.69, 9.17) is 4.74 Å². The van der Waals surface area contributed by atoms with Crippen LogP contribution in [0.2, 0.25) is 0 Å². The molecule has 0 saturated carbocycles. The molecule has 1 atom stereocenters. The van der Waals surface area contributed by atoms with Crippen LogP contribution in [0, 0.1) is 0 Å². The minimum atomic E-state index is 0.208. The summed E-state index contributed by atoms with van der Waals surface area (Å²) in [6.07, 6.45) is 5.98. The zero-order valence-corrected chi connectivity index (χ0v) is 13.3. The molecular formula is C18H21N3O2. The molecule has 2 heterocycles. The molecule has 1 aromatic carbocycles. The predicted molar refractivity (Wildman–Crippen MR) is 87.4 cm³/mol. The standard InChI is InChI=1S/C18H21N3O2/c1-2-18(22)21-10-6-7-14(13-21)16-11-19-12-17(20-16)23-15-8-4-3-5-9-15/h3-5,8-9,11-12,14H,2,6-7,10,13H2,1H3/t14-/m1/s1. The van der Waals surface area contributed by atoms with Gasteiger partial charge in [-0.25, -0.2) is 4.98 Å². The lowest BCUT2D eigenvalue weighted by molar-refractivity contribution is -0.132. The van der Waals surface area contributed by atoms with Gasteiger partial charge >= 0.3 is 0 Å². The van der Waals surface area contributed by atoms with Crippen molar-refractivity contribution >= 4 is 5.91 Å². The molecular weight excluding hydrogens is 290 g/mol. The van der Waals surface area contributed by atoms with Gasteiger partial charge in [-0.05, 0) is 25.0 Å². The number of nitrogens with zero attached hydrogens (tertiary/aromatic N) is 3. The van der Waals surface area contributed by atoms with E-state index < -0.39 is 0 Å². The Bertz CT molecular complexity index is 660. The van der Waals surface area contributed by atoms with Gasteiger partial charge in [0.2, 0.25) is 11.8 Å². The number of benzene rings is 1. The number of carbonyl (C=O) groups is 1. The number of ether oxygens (including phenoxy) is 1. The van der Waals surface area contributed by atoms with E-state index in [1.807, 2.05) is 42.2 Å². The Hall–Kier alpha value is -2.43. The first-order chi connectivity index (χ1) is 11.3. The number of para-hydroxylation sites is 1. The monoisotopic (exact) mass is 311 g/mol. The zero-order chi connectivity index (χ0) is 16.1. The van der Waals surface area contributed by atoms with E-state index in [1.165, 1.54) is 0 Å². The van der Waals surface area contributed by atoms with E-state index >= 15 is 0 Å². The van der Waals surface area contributed by atoms with Crippen LogP contribution in [0.4, 0.5) is 0 Å². The van der Waals surface area contributed by atoms with Crippen LogP contribution in [0.15, 0.2) is 42.7 Å². The molecule has 5 nitrogen and oxygen atoms in total. The number of aromatic nitrogens is 2. The third-order valence-electron chi connectivity index (χ3n) is 4.09. The number of amides is 1. The fraction of sp³-hybridized carbons (Fsp3) is 0.389. The molecule has 1 aliphatic rings. The number of likely N-dealkylation sites (tertiary alicyclic amines) is 1. The van der Waals surface area contributed by atoms with E-state index in [2.05, 4.69) is 9.97 Å². The minimum absolute atomic E-state index is 0.208. The summed E-state index contributed by atoms with van der Waals surface area (Å²) in [5.41, 5.74) is 0.895. The largest absolute Gasteiger partial charge is 0.437 e. The Kier molecular flexibility index (Phi) is 4.86. The Morgan fingerprint density at radius 1 is 1.30 bits per heavy atom. The van der Waals surface area contributed by atoms with Crippen LogP contribution >= 0.6 is 0 Å². The summed E-state index contributed by atoms with van der Waals surface area (Å²) < 4.78 is 5.75. The van der Waals surface area contributed by atoms with Crippen molar-refractivity contribution < 1.29 is 9.53 Å². The quantitative estimate of drug-likeness (QED) is 0.868. The van der Waals surface area contributed by atoms with Crippen molar-refractivity contribution in [3.8, 4) is 11.6 Å². The Morgan fingerprint density at radius 2 is 2.13 bits per heavy atom. The van der Waals surface area contributed by atoms with Gasteiger partial charge in [-0.1, -0.05) is 25.1 Å². The van der Waals surface area contributed by atoms with E-state index in [0.29, 0.717) is 12.3 Å². The number of hydrogen-bond donors (Lipinski definition) is 0.